The zero-order valence-corrected chi connectivity index (χ0v) is 18.0. The van der Waals surface area contributed by atoms with Crippen LogP contribution in [-0.4, -0.2) is 48.3 Å². The number of halogens is 3. The van der Waals surface area contributed by atoms with Crippen LogP contribution in [0.15, 0.2) is 61.0 Å². The number of alkyl halides is 3. The molecule has 176 valence electrons. The van der Waals surface area contributed by atoms with Crippen LogP contribution in [0.5, 0.6) is 0 Å². The number of anilines is 2. The van der Waals surface area contributed by atoms with Gasteiger partial charge < -0.3 is 5.32 Å². The van der Waals surface area contributed by atoms with Crippen LogP contribution in [-0.2, 0) is 6.18 Å². The lowest BCUT2D eigenvalue weighted by atomic mass is 10.2. The van der Waals surface area contributed by atoms with Crippen LogP contribution in [0.3, 0.4) is 0 Å². The Morgan fingerprint density at radius 2 is 2.09 bits per heavy atom. The third kappa shape index (κ3) is 4.42. The van der Waals surface area contributed by atoms with Gasteiger partial charge in [-0.1, -0.05) is 6.58 Å². The predicted octanol–water partition coefficient (Wildman–Crippen LogP) is 3.06. The van der Waals surface area contributed by atoms with Crippen molar-refractivity contribution in [1.82, 2.24) is 29.1 Å². The number of allylic oxidation sites excluding steroid dienone is 1. The van der Waals surface area contributed by atoms with E-state index in [1.54, 1.807) is 7.05 Å². The smallest absolute Gasteiger partial charge is 0.320 e. The predicted molar refractivity (Wildman–Crippen MR) is 119 cm³/mol. The van der Waals surface area contributed by atoms with Gasteiger partial charge in [0, 0.05) is 25.7 Å². The number of hydrogen-bond acceptors (Lipinski definition) is 8. The Morgan fingerprint density at radius 3 is 2.80 bits per heavy atom. The van der Waals surface area contributed by atoms with Gasteiger partial charge in [0.1, 0.15) is 6.07 Å². The average Bonchev–Trinajstić information content (AvgIpc) is 3.49. The van der Waals surface area contributed by atoms with Crippen molar-refractivity contribution >= 4 is 29.3 Å². The van der Waals surface area contributed by atoms with Gasteiger partial charge in [-0.05, 0) is 12.1 Å². The maximum atomic E-state index is 14.0. The largest absolute Gasteiger partial charge is 0.434 e. The molecule has 0 aliphatic rings. The first-order chi connectivity index (χ1) is 16.7. The van der Waals surface area contributed by atoms with Gasteiger partial charge in [0.2, 0.25) is 0 Å². The van der Waals surface area contributed by atoms with E-state index in [9.17, 15) is 23.2 Å². The summed E-state index contributed by atoms with van der Waals surface area (Å²) in [6.45, 7) is 3.50. The van der Waals surface area contributed by atoms with Crippen molar-refractivity contribution in [2.45, 2.75) is 6.18 Å². The van der Waals surface area contributed by atoms with Crippen molar-refractivity contribution in [3.05, 3.63) is 72.7 Å². The number of amides is 1. The summed E-state index contributed by atoms with van der Waals surface area (Å²) in [5.74, 6) is -0.980. The zero-order valence-electron chi connectivity index (χ0n) is 18.0. The Balaban J connectivity index is 1.71. The molecule has 35 heavy (non-hydrogen) atoms. The SMILES string of the molecule is C=C/C=N\N(C)c1ncc(NC(=O)c2cnn(-c3cncc4nccn34)c2C(F)(F)F)cc1C#N. The maximum absolute atomic E-state index is 14.0. The fourth-order valence-electron chi connectivity index (χ4n) is 3.22. The molecule has 0 unspecified atom stereocenters. The topological polar surface area (TPSA) is 129 Å². The number of pyridine rings is 1. The Labute approximate surface area is 195 Å². The summed E-state index contributed by atoms with van der Waals surface area (Å²) in [6, 6.07) is 3.19. The van der Waals surface area contributed by atoms with Crippen LogP contribution in [0, 0.1) is 11.3 Å². The van der Waals surface area contributed by atoms with Crippen LogP contribution in [0.25, 0.3) is 11.5 Å². The Bertz CT molecular complexity index is 1500. The van der Waals surface area contributed by atoms with E-state index in [1.165, 1.54) is 58.8 Å². The van der Waals surface area contributed by atoms with Crippen molar-refractivity contribution in [1.29, 1.82) is 5.26 Å². The van der Waals surface area contributed by atoms with Crippen molar-refractivity contribution in [2.75, 3.05) is 17.4 Å². The second-order valence-corrected chi connectivity index (χ2v) is 6.92. The highest BCUT2D eigenvalue weighted by Gasteiger charge is 2.41. The highest BCUT2D eigenvalue weighted by atomic mass is 19.4. The normalized spacial score (nSPS) is 11.5. The number of fused-ring (bicyclic) bond motifs is 1. The molecule has 0 bridgehead atoms. The van der Waals surface area contributed by atoms with E-state index in [-0.39, 0.29) is 22.9 Å². The Hall–Kier alpha value is -5.06. The summed E-state index contributed by atoms with van der Waals surface area (Å²) in [5, 5.41) is 20.9. The van der Waals surface area contributed by atoms with Gasteiger partial charge in [-0.25, -0.2) is 19.7 Å². The third-order valence-corrected chi connectivity index (χ3v) is 4.69. The number of nitrogens with zero attached hydrogens (tertiary/aromatic N) is 9. The highest BCUT2D eigenvalue weighted by molar-refractivity contribution is 6.05. The van der Waals surface area contributed by atoms with E-state index < -0.39 is 23.3 Å². The lowest BCUT2D eigenvalue weighted by molar-refractivity contribution is -0.143. The number of hydrogen-bond donors (Lipinski definition) is 1. The van der Waals surface area contributed by atoms with E-state index in [4.69, 9.17) is 0 Å². The van der Waals surface area contributed by atoms with Gasteiger partial charge in [0.25, 0.3) is 5.91 Å². The maximum Gasteiger partial charge on any atom is 0.434 e. The van der Waals surface area contributed by atoms with E-state index in [0.717, 1.165) is 6.20 Å². The molecule has 0 radical (unpaired) electrons. The molecule has 4 aromatic heterocycles. The molecule has 11 nitrogen and oxygen atoms in total. The lowest BCUT2D eigenvalue weighted by Gasteiger charge is -2.15. The molecule has 0 saturated carbocycles. The first-order valence-electron chi connectivity index (χ1n) is 9.77. The van der Waals surface area contributed by atoms with Crippen molar-refractivity contribution in [2.24, 2.45) is 5.10 Å². The molecule has 14 heteroatoms. The Morgan fingerprint density at radius 1 is 1.29 bits per heavy atom. The third-order valence-electron chi connectivity index (χ3n) is 4.69. The summed E-state index contributed by atoms with van der Waals surface area (Å²) in [7, 11) is 1.54. The van der Waals surface area contributed by atoms with Crippen molar-refractivity contribution in [3.63, 3.8) is 0 Å². The minimum atomic E-state index is -4.93. The quantitative estimate of drug-likeness (QED) is 0.332. The molecule has 4 heterocycles. The molecule has 4 aromatic rings. The minimum absolute atomic E-state index is 0.00986. The fraction of sp³-hybridized carbons (Fsp3) is 0.0952. The van der Waals surface area contributed by atoms with Gasteiger partial charge in [0.15, 0.2) is 23.0 Å². The summed E-state index contributed by atoms with van der Waals surface area (Å²) in [4.78, 5) is 24.8. The minimum Gasteiger partial charge on any atom is -0.320 e. The molecule has 0 fully saturated rings. The average molecular weight is 480 g/mol. The molecule has 0 saturated heterocycles. The number of nitrogens with one attached hydrogen (secondary N) is 1. The fourth-order valence-corrected chi connectivity index (χ4v) is 3.22. The highest BCUT2D eigenvalue weighted by Crippen LogP contribution is 2.34. The van der Waals surface area contributed by atoms with Crippen LogP contribution in [0.4, 0.5) is 24.7 Å². The second-order valence-electron chi connectivity index (χ2n) is 6.92. The van der Waals surface area contributed by atoms with Gasteiger partial charge in [-0.3, -0.25) is 14.2 Å². The van der Waals surface area contributed by atoms with Crippen molar-refractivity contribution < 1.29 is 18.0 Å². The Kier molecular flexibility index (Phi) is 5.98. The van der Waals surface area contributed by atoms with Crippen LogP contribution >= 0.6 is 0 Å². The summed E-state index contributed by atoms with van der Waals surface area (Å²) < 4.78 is 44.1. The van der Waals surface area contributed by atoms with Crippen LogP contribution in [0.1, 0.15) is 21.6 Å². The molecule has 0 aliphatic carbocycles. The van der Waals surface area contributed by atoms with Crippen LogP contribution in [0.2, 0.25) is 0 Å². The molecule has 1 N–H and O–H groups in total. The number of hydrazone groups is 1. The van der Waals surface area contributed by atoms with Gasteiger partial charge in [0.05, 0.1) is 41.6 Å². The standard InChI is InChI=1S/C21H15F3N10O/c1-3-4-29-32(2)19-13(8-25)7-14(9-28-19)31-20(35)15-10-30-34(18(15)21(22,23)24)17-12-26-11-16-27-5-6-33(16)17/h3-7,9-12H,1H2,2H3,(H,31,35)/b29-4-. The number of aromatic nitrogens is 6. The van der Waals surface area contributed by atoms with Gasteiger partial charge >= 0.3 is 6.18 Å². The number of carbonyl (C=O) groups excluding carboxylic acids is 1. The molecule has 4 rings (SSSR count). The number of nitriles is 1. The van der Waals surface area contributed by atoms with E-state index in [1.807, 2.05) is 6.07 Å². The molecule has 0 atom stereocenters. The van der Waals surface area contributed by atoms with Crippen molar-refractivity contribution in [3.8, 4) is 11.9 Å². The molecule has 0 spiro atoms. The summed E-state index contributed by atoms with van der Waals surface area (Å²) >= 11 is 0. The lowest BCUT2D eigenvalue weighted by Crippen LogP contribution is -2.22. The monoisotopic (exact) mass is 480 g/mol. The zero-order chi connectivity index (χ0) is 25.2. The molecular weight excluding hydrogens is 465 g/mol. The molecule has 0 aliphatic heterocycles. The summed E-state index contributed by atoms with van der Waals surface area (Å²) in [6.07, 6.45) is 5.27. The van der Waals surface area contributed by atoms with Gasteiger partial charge in [-0.2, -0.15) is 28.6 Å². The second kappa shape index (κ2) is 9.06. The molecule has 0 aromatic carbocycles. The van der Waals surface area contributed by atoms with Crippen LogP contribution < -0.4 is 10.3 Å². The van der Waals surface area contributed by atoms with Gasteiger partial charge in [-0.15, -0.1) is 0 Å². The number of carbonyl (C=O) groups is 1. The molecule has 1 amide bonds. The van der Waals surface area contributed by atoms with E-state index >= 15 is 0 Å². The van der Waals surface area contributed by atoms with E-state index in [2.05, 4.69) is 37.0 Å². The first-order valence-corrected chi connectivity index (χ1v) is 9.77. The summed E-state index contributed by atoms with van der Waals surface area (Å²) in [5.41, 5.74) is -1.69. The number of imidazole rings is 1. The molecular formula is C21H15F3N10O. The first kappa shape index (κ1) is 23.1. The van der Waals surface area contributed by atoms with E-state index in [0.29, 0.717) is 10.3 Å². The number of rotatable bonds is 6.